The molecule has 9 heteroatoms. The number of alkyl halides is 3. The molecule has 0 saturated carbocycles. The number of halogens is 3. The second-order valence-electron chi connectivity index (χ2n) is 7.73. The van der Waals surface area contributed by atoms with Crippen molar-refractivity contribution < 1.29 is 18.0 Å². The van der Waals surface area contributed by atoms with Gasteiger partial charge in [-0.05, 0) is 56.7 Å². The summed E-state index contributed by atoms with van der Waals surface area (Å²) in [5, 5.41) is 12.0. The maximum Gasteiger partial charge on any atom is 0.416 e. The molecule has 0 aliphatic rings. The van der Waals surface area contributed by atoms with Crippen molar-refractivity contribution in [3.63, 3.8) is 0 Å². The summed E-state index contributed by atoms with van der Waals surface area (Å²) in [6.45, 7) is 4.64. The van der Waals surface area contributed by atoms with Crippen molar-refractivity contribution in [2.24, 2.45) is 0 Å². The number of nitrogens with zero attached hydrogens (tertiary/aromatic N) is 4. The van der Waals surface area contributed by atoms with Gasteiger partial charge in [-0.3, -0.25) is 19.7 Å². The van der Waals surface area contributed by atoms with E-state index in [1.165, 1.54) is 32.3 Å². The summed E-state index contributed by atoms with van der Waals surface area (Å²) in [6.07, 6.45) is -0.120. The van der Waals surface area contributed by atoms with Crippen molar-refractivity contribution in [1.29, 1.82) is 5.26 Å². The van der Waals surface area contributed by atoms with Crippen molar-refractivity contribution in [3.8, 4) is 17.5 Å². The minimum absolute atomic E-state index is 0.0984. The summed E-state index contributed by atoms with van der Waals surface area (Å²) in [5.41, 5.74) is -0.882. The van der Waals surface area contributed by atoms with Gasteiger partial charge in [0.15, 0.2) is 0 Å². The van der Waals surface area contributed by atoms with E-state index in [2.05, 4.69) is 20.3 Å². The molecule has 1 unspecified atom stereocenters. The summed E-state index contributed by atoms with van der Waals surface area (Å²) in [5.74, 6) is -0.726. The number of hydrogen-bond donors (Lipinski definition) is 1. The molecule has 32 heavy (non-hydrogen) atoms. The second kappa shape index (κ2) is 8.75. The van der Waals surface area contributed by atoms with E-state index < -0.39 is 29.1 Å². The fourth-order valence-corrected chi connectivity index (χ4v) is 3.06. The molecule has 1 amide bonds. The van der Waals surface area contributed by atoms with Gasteiger partial charge in [-0.15, -0.1) is 0 Å². The van der Waals surface area contributed by atoms with Crippen molar-refractivity contribution in [2.75, 3.05) is 0 Å². The van der Waals surface area contributed by atoms with Crippen LogP contribution < -0.4 is 5.32 Å². The number of nitrogens with one attached hydrogen (secondary N) is 1. The summed E-state index contributed by atoms with van der Waals surface area (Å²) in [6, 6.07) is 9.54. The first kappa shape index (κ1) is 22.9. The van der Waals surface area contributed by atoms with Crippen molar-refractivity contribution in [1.82, 2.24) is 20.3 Å². The Morgan fingerprint density at radius 2 is 1.72 bits per heavy atom. The van der Waals surface area contributed by atoms with E-state index >= 15 is 0 Å². The molecule has 3 rings (SSSR count). The van der Waals surface area contributed by atoms with Crippen LogP contribution in [0.25, 0.3) is 11.4 Å². The number of pyridine rings is 1. The van der Waals surface area contributed by atoms with Gasteiger partial charge in [0, 0.05) is 24.2 Å². The molecular formula is C23H20F3N5O. The maximum absolute atomic E-state index is 13.4. The minimum atomic E-state index is -4.67. The van der Waals surface area contributed by atoms with Gasteiger partial charge in [0.2, 0.25) is 0 Å². The van der Waals surface area contributed by atoms with E-state index in [0.717, 1.165) is 12.1 Å². The first-order valence-electron chi connectivity index (χ1n) is 9.70. The molecule has 6 nitrogen and oxygen atoms in total. The predicted octanol–water partition coefficient (Wildman–Crippen LogP) is 4.85. The van der Waals surface area contributed by atoms with Gasteiger partial charge in [-0.1, -0.05) is 6.07 Å². The summed E-state index contributed by atoms with van der Waals surface area (Å²) >= 11 is 0. The number of benzene rings is 1. The first-order valence-corrected chi connectivity index (χ1v) is 9.70. The molecule has 1 N–H and O–H groups in total. The Labute approximate surface area is 183 Å². The molecule has 0 spiro atoms. The van der Waals surface area contributed by atoms with Gasteiger partial charge in [-0.25, -0.2) is 0 Å². The zero-order valence-corrected chi connectivity index (χ0v) is 17.6. The topological polar surface area (TPSA) is 91.6 Å². The Kier molecular flexibility index (Phi) is 6.25. The van der Waals surface area contributed by atoms with Crippen LogP contribution >= 0.6 is 0 Å². The highest BCUT2D eigenvalue weighted by Gasteiger charge is 2.34. The molecule has 1 aromatic carbocycles. The highest BCUT2D eigenvalue weighted by molar-refractivity contribution is 5.95. The van der Waals surface area contributed by atoms with Crippen LogP contribution in [0.1, 0.15) is 54.0 Å². The van der Waals surface area contributed by atoms with Gasteiger partial charge in [-0.2, -0.15) is 18.4 Å². The monoisotopic (exact) mass is 439 g/mol. The Morgan fingerprint density at radius 1 is 1.03 bits per heavy atom. The lowest BCUT2D eigenvalue weighted by molar-refractivity contribution is -0.137. The molecule has 2 heterocycles. The number of rotatable bonds is 5. The molecular weight excluding hydrogens is 419 g/mol. The minimum Gasteiger partial charge on any atom is -0.344 e. The van der Waals surface area contributed by atoms with Crippen molar-refractivity contribution >= 4 is 5.91 Å². The Bertz CT molecular complexity index is 1170. The molecule has 0 aliphatic heterocycles. The number of aromatic nitrogens is 3. The van der Waals surface area contributed by atoms with Crippen LogP contribution in [0.4, 0.5) is 13.2 Å². The molecule has 0 bridgehead atoms. The first-order chi connectivity index (χ1) is 15.0. The van der Waals surface area contributed by atoms with E-state index in [1.54, 1.807) is 31.3 Å². The fourth-order valence-electron chi connectivity index (χ4n) is 3.06. The highest BCUT2D eigenvalue weighted by atomic mass is 19.4. The number of hydrogen-bond acceptors (Lipinski definition) is 5. The number of carbonyl (C=O) groups is 1. The summed E-state index contributed by atoms with van der Waals surface area (Å²) in [4.78, 5) is 25.7. The van der Waals surface area contributed by atoms with Crippen molar-refractivity contribution in [2.45, 2.75) is 38.4 Å². The zero-order chi connectivity index (χ0) is 23.5. The highest BCUT2D eigenvalue weighted by Crippen LogP contribution is 2.34. The Balaban J connectivity index is 1.96. The third kappa shape index (κ3) is 4.91. The van der Waals surface area contributed by atoms with Crippen LogP contribution in [0, 0.1) is 11.3 Å². The van der Waals surface area contributed by atoms with Crippen LogP contribution in [0.5, 0.6) is 0 Å². The van der Waals surface area contributed by atoms with Crippen LogP contribution in [0.15, 0.2) is 55.0 Å². The van der Waals surface area contributed by atoms with Crippen LogP contribution in [0.3, 0.4) is 0 Å². The van der Waals surface area contributed by atoms with E-state index in [-0.39, 0.29) is 11.1 Å². The van der Waals surface area contributed by atoms with E-state index in [4.69, 9.17) is 0 Å². The van der Waals surface area contributed by atoms with Crippen LogP contribution in [-0.2, 0) is 11.6 Å². The van der Waals surface area contributed by atoms with Gasteiger partial charge >= 0.3 is 6.18 Å². The van der Waals surface area contributed by atoms with E-state index in [1.807, 2.05) is 6.07 Å². The number of nitriles is 1. The number of amides is 1. The predicted molar refractivity (Wildman–Crippen MR) is 111 cm³/mol. The van der Waals surface area contributed by atoms with Gasteiger partial charge in [0.1, 0.15) is 5.69 Å². The molecule has 2 aromatic heterocycles. The SMILES string of the molecule is CC(NC(=O)c1cc(C(F)(F)F)cc(C(C)(C)C#N)c1)c1nccnc1-c1ccccn1. The standard InChI is InChI=1S/C23H20F3N5O/c1-14(19-20(30-9-8-29-19)18-6-4-5-7-28-18)31-21(32)15-10-16(22(2,3)13-27)12-17(11-15)23(24,25)26/h4-12,14H,1-3H3,(H,31,32). The number of carbonyl (C=O) groups excluding carboxylic acids is 1. The molecule has 0 fully saturated rings. The van der Waals surface area contributed by atoms with Crippen LogP contribution in [-0.4, -0.2) is 20.9 Å². The molecule has 0 radical (unpaired) electrons. The molecule has 164 valence electrons. The van der Waals surface area contributed by atoms with Gasteiger partial charge < -0.3 is 5.32 Å². The van der Waals surface area contributed by atoms with E-state index in [0.29, 0.717) is 17.1 Å². The van der Waals surface area contributed by atoms with Gasteiger partial charge in [0.25, 0.3) is 5.91 Å². The lowest BCUT2D eigenvalue weighted by Crippen LogP contribution is -2.29. The fraction of sp³-hybridized carbons (Fsp3) is 0.261. The largest absolute Gasteiger partial charge is 0.416 e. The smallest absolute Gasteiger partial charge is 0.344 e. The van der Waals surface area contributed by atoms with Crippen LogP contribution in [0.2, 0.25) is 0 Å². The Morgan fingerprint density at radius 3 is 2.34 bits per heavy atom. The average molecular weight is 439 g/mol. The second-order valence-corrected chi connectivity index (χ2v) is 7.73. The third-order valence-corrected chi connectivity index (χ3v) is 4.92. The normalized spacial score (nSPS) is 12.7. The van der Waals surface area contributed by atoms with Crippen molar-refractivity contribution in [3.05, 3.63) is 77.4 Å². The molecule has 0 saturated heterocycles. The lowest BCUT2D eigenvalue weighted by Gasteiger charge is -2.20. The van der Waals surface area contributed by atoms with E-state index in [9.17, 15) is 23.2 Å². The summed E-state index contributed by atoms with van der Waals surface area (Å²) in [7, 11) is 0. The average Bonchev–Trinajstić information content (AvgIpc) is 2.78. The molecule has 3 aromatic rings. The quantitative estimate of drug-likeness (QED) is 0.614. The summed E-state index contributed by atoms with van der Waals surface area (Å²) < 4.78 is 40.3. The van der Waals surface area contributed by atoms with Gasteiger partial charge in [0.05, 0.1) is 34.5 Å². The third-order valence-electron chi connectivity index (χ3n) is 4.92. The lowest BCUT2D eigenvalue weighted by atomic mass is 9.84. The molecule has 1 atom stereocenters. The Hall–Kier alpha value is -3.80. The maximum atomic E-state index is 13.4. The zero-order valence-electron chi connectivity index (χ0n) is 17.6. The molecule has 0 aliphatic carbocycles.